The predicted molar refractivity (Wildman–Crippen MR) is 117 cm³/mol. The van der Waals surface area contributed by atoms with Gasteiger partial charge in [0.25, 0.3) is 0 Å². The van der Waals surface area contributed by atoms with Crippen LogP contribution in [0.25, 0.3) is 0 Å². The Bertz CT molecular complexity index is 1040. The maximum Gasteiger partial charge on any atom is 0.339 e. The first-order valence-electron chi connectivity index (χ1n) is 10.2. The maximum atomic E-state index is 13.1. The van der Waals surface area contributed by atoms with Gasteiger partial charge in [0.05, 0.1) is 17.6 Å². The van der Waals surface area contributed by atoms with Crippen molar-refractivity contribution in [3.63, 3.8) is 0 Å². The van der Waals surface area contributed by atoms with Gasteiger partial charge in [-0.2, -0.15) is 4.31 Å². The first kappa shape index (κ1) is 23.0. The van der Waals surface area contributed by atoms with Gasteiger partial charge in [0.1, 0.15) is 0 Å². The zero-order valence-electron chi connectivity index (χ0n) is 18.1. The van der Waals surface area contributed by atoms with Crippen LogP contribution in [0, 0.1) is 12.8 Å². The first-order valence-corrected chi connectivity index (χ1v) is 11.7. The van der Waals surface area contributed by atoms with E-state index >= 15 is 0 Å². The Morgan fingerprint density at radius 1 is 1.06 bits per heavy atom. The van der Waals surface area contributed by atoms with Gasteiger partial charge in [0.2, 0.25) is 15.9 Å². The average Bonchev–Trinajstić information content (AvgIpc) is 2.79. The summed E-state index contributed by atoms with van der Waals surface area (Å²) in [6, 6.07) is 14.1. The molecule has 2 aromatic rings. The molecule has 3 rings (SSSR count). The molecule has 0 atom stereocenters. The minimum atomic E-state index is -3.86. The summed E-state index contributed by atoms with van der Waals surface area (Å²) in [5.41, 5.74) is 2.24. The van der Waals surface area contributed by atoms with Crippen molar-refractivity contribution in [2.45, 2.75) is 31.2 Å². The Kier molecular flexibility index (Phi) is 7.12. The number of hydrogen-bond acceptors (Lipinski definition) is 5. The highest BCUT2D eigenvalue weighted by Gasteiger charge is 2.35. The SMILES string of the molecule is COC(=O)c1ccccc1S(=O)(=O)N1CCC(C(=O)N(C)Cc2ccc(C)cc2)CC1. The molecule has 0 spiro atoms. The van der Waals surface area contributed by atoms with Crippen molar-refractivity contribution in [3.8, 4) is 0 Å². The number of hydrogen-bond donors (Lipinski definition) is 0. The Balaban J connectivity index is 1.65. The third kappa shape index (κ3) is 5.14. The molecule has 0 radical (unpaired) electrons. The first-order chi connectivity index (χ1) is 14.7. The second kappa shape index (κ2) is 9.62. The number of benzene rings is 2. The molecule has 1 aliphatic heterocycles. The number of methoxy groups -OCH3 is 1. The number of sulfonamides is 1. The van der Waals surface area contributed by atoms with Crippen LogP contribution in [0.1, 0.15) is 34.3 Å². The lowest BCUT2D eigenvalue weighted by Gasteiger charge is -2.32. The van der Waals surface area contributed by atoms with Crippen molar-refractivity contribution in [2.24, 2.45) is 5.92 Å². The smallest absolute Gasteiger partial charge is 0.339 e. The highest BCUT2D eigenvalue weighted by Crippen LogP contribution is 2.27. The molecule has 2 aromatic carbocycles. The van der Waals surface area contributed by atoms with E-state index in [1.807, 2.05) is 31.2 Å². The number of esters is 1. The van der Waals surface area contributed by atoms with Crippen molar-refractivity contribution in [1.29, 1.82) is 0 Å². The van der Waals surface area contributed by atoms with Crippen molar-refractivity contribution in [3.05, 3.63) is 65.2 Å². The Labute approximate surface area is 183 Å². The van der Waals surface area contributed by atoms with E-state index < -0.39 is 16.0 Å². The molecule has 0 unspecified atom stereocenters. The van der Waals surface area contributed by atoms with Crippen molar-refractivity contribution in [1.82, 2.24) is 9.21 Å². The lowest BCUT2D eigenvalue weighted by Crippen LogP contribution is -2.43. The molecule has 8 heteroatoms. The Hall–Kier alpha value is -2.71. The molecule has 0 N–H and O–H groups in total. The zero-order chi connectivity index (χ0) is 22.6. The molecule has 1 heterocycles. The van der Waals surface area contributed by atoms with Gasteiger partial charge in [0.15, 0.2) is 0 Å². The number of aryl methyl sites for hydroxylation is 1. The lowest BCUT2D eigenvalue weighted by molar-refractivity contribution is -0.135. The molecule has 1 saturated heterocycles. The molecule has 31 heavy (non-hydrogen) atoms. The fourth-order valence-electron chi connectivity index (χ4n) is 3.81. The Morgan fingerprint density at radius 2 is 1.68 bits per heavy atom. The maximum absolute atomic E-state index is 13.1. The monoisotopic (exact) mass is 444 g/mol. The van der Waals surface area contributed by atoms with Crippen LogP contribution >= 0.6 is 0 Å². The van der Waals surface area contributed by atoms with Crippen LogP contribution < -0.4 is 0 Å². The minimum Gasteiger partial charge on any atom is -0.465 e. The fraction of sp³-hybridized carbons (Fsp3) is 0.391. The van der Waals surface area contributed by atoms with E-state index in [4.69, 9.17) is 4.74 Å². The van der Waals surface area contributed by atoms with E-state index in [0.717, 1.165) is 5.56 Å². The van der Waals surface area contributed by atoms with Crippen molar-refractivity contribution in [2.75, 3.05) is 27.2 Å². The van der Waals surface area contributed by atoms with Gasteiger partial charge in [-0.1, -0.05) is 42.0 Å². The number of nitrogens with zero attached hydrogens (tertiary/aromatic N) is 2. The van der Waals surface area contributed by atoms with Crippen LogP contribution in [0.15, 0.2) is 53.4 Å². The normalized spacial score (nSPS) is 15.5. The summed E-state index contributed by atoms with van der Waals surface area (Å²) in [6.45, 7) is 2.99. The second-order valence-electron chi connectivity index (χ2n) is 7.85. The molecular weight excluding hydrogens is 416 g/mol. The third-order valence-electron chi connectivity index (χ3n) is 5.63. The van der Waals surface area contributed by atoms with Crippen LogP contribution in [-0.2, 0) is 26.1 Å². The minimum absolute atomic E-state index is 0.0148. The average molecular weight is 445 g/mol. The quantitative estimate of drug-likeness (QED) is 0.640. The van der Waals surface area contributed by atoms with E-state index in [-0.39, 0.29) is 35.4 Å². The third-order valence-corrected chi connectivity index (χ3v) is 7.59. The number of rotatable bonds is 6. The van der Waals surface area contributed by atoms with Crippen molar-refractivity contribution >= 4 is 21.9 Å². The largest absolute Gasteiger partial charge is 0.465 e. The molecule has 0 bridgehead atoms. The summed E-state index contributed by atoms with van der Waals surface area (Å²) < 4.78 is 32.3. The molecule has 1 aliphatic rings. The zero-order valence-corrected chi connectivity index (χ0v) is 18.9. The highest BCUT2D eigenvalue weighted by atomic mass is 32.2. The topological polar surface area (TPSA) is 84.0 Å². The van der Waals surface area contributed by atoms with E-state index in [0.29, 0.717) is 19.4 Å². The molecule has 166 valence electrons. The molecule has 0 saturated carbocycles. The van der Waals surface area contributed by atoms with Crippen LogP contribution in [0.3, 0.4) is 0 Å². The number of amides is 1. The summed E-state index contributed by atoms with van der Waals surface area (Å²) in [7, 11) is -0.868. The van der Waals surface area contributed by atoms with Gasteiger partial charge in [-0.15, -0.1) is 0 Å². The van der Waals surface area contributed by atoms with Crippen LogP contribution in [-0.4, -0.2) is 56.7 Å². The number of ether oxygens (including phenoxy) is 1. The van der Waals surface area contributed by atoms with E-state index in [9.17, 15) is 18.0 Å². The van der Waals surface area contributed by atoms with Gasteiger partial charge in [-0.25, -0.2) is 13.2 Å². The van der Waals surface area contributed by atoms with Gasteiger partial charge in [0, 0.05) is 32.6 Å². The summed E-state index contributed by atoms with van der Waals surface area (Å²) in [5.74, 6) is -0.896. The second-order valence-corrected chi connectivity index (χ2v) is 9.75. The Morgan fingerprint density at radius 3 is 2.29 bits per heavy atom. The molecule has 0 aliphatic carbocycles. The lowest BCUT2D eigenvalue weighted by atomic mass is 9.96. The number of carbonyl (C=O) groups excluding carboxylic acids is 2. The molecular formula is C23H28N2O5S. The summed E-state index contributed by atoms with van der Waals surface area (Å²) >= 11 is 0. The fourth-order valence-corrected chi connectivity index (χ4v) is 5.46. The van der Waals surface area contributed by atoms with Gasteiger partial charge in [-0.3, -0.25) is 4.79 Å². The van der Waals surface area contributed by atoms with E-state index in [1.54, 1.807) is 24.1 Å². The van der Waals surface area contributed by atoms with E-state index in [2.05, 4.69) is 0 Å². The standard InChI is InChI=1S/C23H28N2O5S/c1-17-8-10-18(11-9-17)16-24(2)22(26)19-12-14-25(15-13-19)31(28,29)21-7-5-4-6-20(21)23(27)30-3/h4-11,19H,12-16H2,1-3H3. The number of carbonyl (C=O) groups is 2. The summed E-state index contributed by atoms with van der Waals surface area (Å²) in [5, 5.41) is 0. The summed E-state index contributed by atoms with van der Waals surface area (Å²) in [4.78, 5) is 26.5. The molecule has 0 aromatic heterocycles. The van der Waals surface area contributed by atoms with Crippen LogP contribution in [0.5, 0.6) is 0 Å². The van der Waals surface area contributed by atoms with E-state index in [1.165, 1.54) is 29.1 Å². The van der Waals surface area contributed by atoms with Gasteiger partial charge >= 0.3 is 5.97 Å². The van der Waals surface area contributed by atoms with Gasteiger partial charge < -0.3 is 9.64 Å². The van der Waals surface area contributed by atoms with Crippen molar-refractivity contribution < 1.29 is 22.7 Å². The van der Waals surface area contributed by atoms with Gasteiger partial charge in [-0.05, 0) is 37.5 Å². The summed E-state index contributed by atoms with van der Waals surface area (Å²) in [6.07, 6.45) is 0.882. The molecule has 1 fully saturated rings. The number of piperidine rings is 1. The molecule has 1 amide bonds. The van der Waals surface area contributed by atoms with Crippen LogP contribution in [0.4, 0.5) is 0 Å². The van der Waals surface area contributed by atoms with Crippen LogP contribution in [0.2, 0.25) is 0 Å². The molecule has 7 nitrogen and oxygen atoms in total. The highest BCUT2D eigenvalue weighted by molar-refractivity contribution is 7.89. The predicted octanol–water partition coefficient (Wildman–Crippen LogP) is 2.84.